The molecule has 0 amide bonds. The average Bonchev–Trinajstić information content (AvgIpc) is 3.65. The quantitative estimate of drug-likeness (QED) is 0.122. The normalized spacial score (nSPS) is 18.8. The minimum absolute atomic E-state index is 0.203. The Bertz CT molecular complexity index is 1640. The van der Waals surface area contributed by atoms with Crippen LogP contribution in [0.1, 0.15) is 32.0 Å². The summed E-state index contributed by atoms with van der Waals surface area (Å²) in [6, 6.07) is 6.56. The van der Waals surface area contributed by atoms with E-state index < -0.39 is 34.5 Å². The smallest absolute Gasteiger partial charge is 0.194 e. The maximum Gasteiger partial charge on any atom is 0.380 e. The number of aryl methyl sites for hydroxylation is 3. The Morgan fingerprint density at radius 3 is 1.90 bits per heavy atom. The third-order valence-electron chi connectivity index (χ3n) is 6.14. The molecule has 0 aromatic carbocycles. The van der Waals surface area contributed by atoms with Gasteiger partial charge in [0.05, 0.1) is 0 Å². The number of hydrogen-bond donors (Lipinski definition) is 1. The van der Waals surface area contributed by atoms with E-state index in [0.29, 0.717) is 14.6 Å². The zero-order valence-corrected chi connectivity index (χ0v) is 24.8. The number of thiol groups is 1. The second-order valence-electron chi connectivity index (χ2n) is 9.31. The molecule has 204 valence electrons. The van der Waals surface area contributed by atoms with Crippen LogP contribution in [-0.4, -0.2) is 17.8 Å². The second kappa shape index (κ2) is 10.1. The van der Waals surface area contributed by atoms with E-state index in [1.165, 1.54) is 57.6 Å². The van der Waals surface area contributed by atoms with Gasteiger partial charge in [-0.05, 0) is 107 Å². The van der Waals surface area contributed by atoms with Crippen molar-refractivity contribution < 1.29 is 26.3 Å². The lowest BCUT2D eigenvalue weighted by atomic mass is 9.94. The molecule has 0 radical (unpaired) electrons. The van der Waals surface area contributed by atoms with E-state index in [1.54, 1.807) is 24.4 Å². The lowest BCUT2D eigenvalue weighted by Crippen LogP contribution is -2.49. The molecule has 11 heteroatoms. The molecular weight excluding hydrogens is 611 g/mol. The topological polar surface area (TPSA) is 0 Å². The van der Waals surface area contributed by atoms with Crippen molar-refractivity contribution in [2.24, 2.45) is 0 Å². The number of halogens is 6. The summed E-state index contributed by atoms with van der Waals surface area (Å²) in [4.78, 5) is 2.53. The Morgan fingerprint density at radius 2 is 1.31 bits per heavy atom. The lowest BCUT2D eigenvalue weighted by molar-refractivity contribution is -0.259. The Kier molecular flexibility index (Phi) is 7.37. The number of thiophene rings is 4. The minimum Gasteiger partial charge on any atom is -0.194 e. The summed E-state index contributed by atoms with van der Waals surface area (Å²) in [7, 11) is 0. The van der Waals surface area contributed by atoms with Gasteiger partial charge in [-0.2, -0.15) is 26.3 Å². The molecule has 1 aliphatic carbocycles. The van der Waals surface area contributed by atoms with Crippen LogP contribution in [0.25, 0.3) is 26.3 Å². The molecule has 4 aromatic heterocycles. The van der Waals surface area contributed by atoms with Gasteiger partial charge in [0.2, 0.25) is 0 Å². The molecule has 0 unspecified atom stereocenters. The van der Waals surface area contributed by atoms with E-state index in [0.717, 1.165) is 32.9 Å². The lowest BCUT2D eigenvalue weighted by Gasteiger charge is -2.26. The molecule has 4 aromatic rings. The van der Waals surface area contributed by atoms with Gasteiger partial charge < -0.3 is 0 Å². The summed E-state index contributed by atoms with van der Waals surface area (Å²) in [5.74, 6) is -15.9. The van der Waals surface area contributed by atoms with E-state index in [4.69, 9.17) is 0 Å². The van der Waals surface area contributed by atoms with Crippen molar-refractivity contribution in [1.29, 1.82) is 0 Å². The SMILES string of the molecule is Cc1csc(/C=C(/C=C(\S)c2cc(C)cs2)C2=C(c3csc(-c4cc(C)cs4)c3)C(F)(F)C(F)(F)C2(F)F)c1. The Labute approximate surface area is 243 Å². The van der Waals surface area contributed by atoms with Crippen LogP contribution >= 0.6 is 58.0 Å². The summed E-state index contributed by atoms with van der Waals surface area (Å²) in [6.07, 6.45) is 2.44. The maximum absolute atomic E-state index is 15.6. The first-order chi connectivity index (χ1) is 18.2. The Morgan fingerprint density at radius 1 is 0.718 bits per heavy atom. The Balaban J connectivity index is 1.79. The largest absolute Gasteiger partial charge is 0.380 e. The van der Waals surface area contributed by atoms with E-state index in [2.05, 4.69) is 12.6 Å². The molecule has 39 heavy (non-hydrogen) atoms. The van der Waals surface area contributed by atoms with E-state index in [-0.39, 0.29) is 10.5 Å². The van der Waals surface area contributed by atoms with Gasteiger partial charge in [0.15, 0.2) is 0 Å². The molecule has 0 bridgehead atoms. The molecule has 1 aliphatic rings. The zero-order valence-electron chi connectivity index (χ0n) is 20.6. The van der Waals surface area contributed by atoms with Gasteiger partial charge in [0.25, 0.3) is 0 Å². The maximum atomic E-state index is 15.6. The van der Waals surface area contributed by atoms with Crippen LogP contribution in [-0.2, 0) is 0 Å². The number of rotatable bonds is 6. The van der Waals surface area contributed by atoms with Crippen molar-refractivity contribution in [2.45, 2.75) is 38.5 Å². The molecule has 0 nitrogen and oxygen atoms in total. The van der Waals surface area contributed by atoms with E-state index in [1.807, 2.05) is 30.7 Å². The highest BCUT2D eigenvalue weighted by atomic mass is 32.1. The van der Waals surface area contributed by atoms with Gasteiger partial charge in [-0.1, -0.05) is 0 Å². The number of alkyl halides is 6. The van der Waals surface area contributed by atoms with Crippen molar-refractivity contribution in [3.8, 4) is 9.75 Å². The molecule has 0 spiro atoms. The van der Waals surface area contributed by atoms with Gasteiger partial charge in [0, 0.05) is 35.6 Å². The molecule has 0 saturated heterocycles. The summed E-state index contributed by atoms with van der Waals surface area (Å²) in [5.41, 5.74) is -0.889. The fourth-order valence-corrected chi connectivity index (χ4v) is 8.21. The second-order valence-corrected chi connectivity index (χ2v) is 13.5. The predicted molar refractivity (Wildman–Crippen MR) is 157 cm³/mol. The average molecular weight is 631 g/mol. The highest BCUT2D eigenvalue weighted by Crippen LogP contribution is 2.64. The summed E-state index contributed by atoms with van der Waals surface area (Å²) >= 11 is 9.33. The first kappa shape index (κ1) is 28.5. The molecule has 5 rings (SSSR count). The van der Waals surface area contributed by atoms with Crippen molar-refractivity contribution in [3.63, 3.8) is 0 Å². The van der Waals surface area contributed by atoms with Crippen LogP contribution in [0.2, 0.25) is 0 Å². The first-order valence-electron chi connectivity index (χ1n) is 11.5. The molecular formula is C28H20F6S5. The van der Waals surface area contributed by atoms with Crippen molar-refractivity contribution in [3.05, 3.63) is 95.0 Å². The molecule has 0 aliphatic heterocycles. The molecule has 0 saturated carbocycles. The van der Waals surface area contributed by atoms with Crippen LogP contribution in [0.3, 0.4) is 0 Å². The summed E-state index contributed by atoms with van der Waals surface area (Å²) < 4.78 is 92.1. The fourth-order valence-electron chi connectivity index (χ4n) is 4.29. The Hall–Kier alpha value is -2.05. The highest BCUT2D eigenvalue weighted by Gasteiger charge is 2.80. The van der Waals surface area contributed by atoms with Crippen LogP contribution in [0.15, 0.2) is 63.0 Å². The van der Waals surface area contributed by atoms with E-state index >= 15 is 17.6 Å². The number of hydrogen-bond acceptors (Lipinski definition) is 5. The first-order valence-corrected chi connectivity index (χ1v) is 15.5. The van der Waals surface area contributed by atoms with Gasteiger partial charge in [0.1, 0.15) is 0 Å². The van der Waals surface area contributed by atoms with Crippen molar-refractivity contribution in [1.82, 2.24) is 0 Å². The van der Waals surface area contributed by atoms with Crippen molar-refractivity contribution >= 4 is 74.5 Å². The van der Waals surface area contributed by atoms with Crippen LogP contribution < -0.4 is 0 Å². The summed E-state index contributed by atoms with van der Waals surface area (Å²) in [6.45, 7) is 5.49. The van der Waals surface area contributed by atoms with Crippen molar-refractivity contribution in [2.75, 3.05) is 0 Å². The highest BCUT2D eigenvalue weighted by molar-refractivity contribution is 7.90. The molecule has 0 atom stereocenters. The molecule has 0 N–H and O–H groups in total. The van der Waals surface area contributed by atoms with Crippen LogP contribution in [0.5, 0.6) is 0 Å². The van der Waals surface area contributed by atoms with Gasteiger partial charge >= 0.3 is 17.8 Å². The van der Waals surface area contributed by atoms with Crippen LogP contribution in [0.4, 0.5) is 26.3 Å². The third kappa shape index (κ3) is 4.90. The monoisotopic (exact) mass is 630 g/mol. The standard InChI is InChI=1S/C28H20F6S5/c1-14-4-19(36-10-14)7-17(8-20(35)21-5-15(2)11-37-21)24-25(27(31,32)28(33,34)26(24,29)30)18-9-23(39-13-18)22-6-16(3)12-38-22/h4-13,35H,1-3H3/b17-7-,20-8-. The predicted octanol–water partition coefficient (Wildman–Crippen LogP) is 11.3. The van der Waals surface area contributed by atoms with Gasteiger partial charge in [-0.3, -0.25) is 0 Å². The van der Waals surface area contributed by atoms with E-state index in [9.17, 15) is 8.78 Å². The van der Waals surface area contributed by atoms with Gasteiger partial charge in [-0.15, -0.1) is 58.0 Å². The summed E-state index contributed by atoms with van der Waals surface area (Å²) in [5, 5.41) is 6.69. The minimum atomic E-state index is -5.64. The zero-order chi connectivity index (χ0) is 28.3. The third-order valence-corrected chi connectivity index (χ3v) is 10.9. The van der Waals surface area contributed by atoms with Crippen LogP contribution in [0, 0.1) is 20.8 Å². The molecule has 0 fully saturated rings. The fraction of sp³-hybridized carbons (Fsp3) is 0.214. The van der Waals surface area contributed by atoms with Gasteiger partial charge in [-0.25, -0.2) is 0 Å². The number of allylic oxidation sites excluding steroid dienone is 4. The molecule has 4 heterocycles.